The van der Waals surface area contributed by atoms with E-state index in [1.165, 1.54) is 11.3 Å². The number of hydrogen-bond acceptors (Lipinski definition) is 4. The highest BCUT2D eigenvalue weighted by Crippen LogP contribution is 2.39. The third-order valence-corrected chi connectivity index (χ3v) is 5.94. The fourth-order valence-corrected chi connectivity index (χ4v) is 4.45. The Morgan fingerprint density at radius 2 is 2.30 bits per heavy atom. The maximum Gasteiger partial charge on any atom is 0.186 e. The molecule has 3 rings (SSSR count). The van der Waals surface area contributed by atoms with Gasteiger partial charge in [-0.1, -0.05) is 12.8 Å². The molecule has 1 aliphatic carbocycles. The van der Waals surface area contributed by atoms with Crippen LogP contribution in [-0.4, -0.2) is 41.0 Å². The van der Waals surface area contributed by atoms with Gasteiger partial charge in [-0.25, -0.2) is 0 Å². The number of hydrogen-bond donors (Lipinski definition) is 1. The van der Waals surface area contributed by atoms with Gasteiger partial charge in [-0.05, 0) is 38.3 Å². The average molecular weight is 293 g/mol. The molecule has 20 heavy (non-hydrogen) atoms. The summed E-state index contributed by atoms with van der Waals surface area (Å²) in [5.74, 6) is 0.590. The molecule has 1 saturated carbocycles. The number of likely N-dealkylation sites (tertiary alicyclic amines) is 1. The lowest BCUT2D eigenvalue weighted by Gasteiger charge is -2.47. The molecule has 1 N–H and O–H groups in total. The van der Waals surface area contributed by atoms with E-state index in [0.717, 1.165) is 43.6 Å². The van der Waals surface area contributed by atoms with E-state index < -0.39 is 5.60 Å². The van der Waals surface area contributed by atoms with Crippen molar-refractivity contribution < 1.29 is 9.90 Å². The Morgan fingerprint density at radius 1 is 1.45 bits per heavy atom. The van der Waals surface area contributed by atoms with Gasteiger partial charge in [0.2, 0.25) is 0 Å². The Kier molecular flexibility index (Phi) is 3.98. The Labute approximate surface area is 124 Å². The molecule has 1 aromatic rings. The van der Waals surface area contributed by atoms with Crippen LogP contribution in [0.4, 0.5) is 0 Å². The number of Topliss-reactive ketones (excluding diaryl/α,β-unsaturated/α-hetero) is 1. The number of aryl methyl sites for hydroxylation is 1. The first-order chi connectivity index (χ1) is 9.57. The maximum absolute atomic E-state index is 12.3. The molecule has 0 radical (unpaired) electrons. The zero-order valence-electron chi connectivity index (χ0n) is 12.1. The molecule has 3 nitrogen and oxygen atoms in total. The van der Waals surface area contributed by atoms with Crippen molar-refractivity contribution in [3.8, 4) is 0 Å². The number of piperidine rings is 1. The summed E-state index contributed by atoms with van der Waals surface area (Å²) in [6.07, 6.45) is 5.26. The third-order valence-electron chi connectivity index (χ3n) is 4.89. The van der Waals surface area contributed by atoms with Crippen LogP contribution in [0.25, 0.3) is 0 Å². The van der Waals surface area contributed by atoms with Crippen molar-refractivity contribution in [3.63, 3.8) is 0 Å². The molecule has 2 atom stereocenters. The van der Waals surface area contributed by atoms with E-state index in [0.29, 0.717) is 12.5 Å². The minimum absolute atomic E-state index is 0.226. The molecule has 110 valence electrons. The standard InChI is InChI=1S/C16H23NO2S/c1-12-5-6-15(20-12)14(18)11-17-9-8-16(19)7-3-2-4-13(16)10-17/h5-6,13,19H,2-4,7-11H2,1H3. The van der Waals surface area contributed by atoms with Crippen LogP contribution < -0.4 is 0 Å². The highest BCUT2D eigenvalue weighted by molar-refractivity contribution is 7.14. The molecule has 0 spiro atoms. The van der Waals surface area contributed by atoms with E-state index in [2.05, 4.69) is 4.90 Å². The summed E-state index contributed by atoms with van der Waals surface area (Å²) in [5.41, 5.74) is -0.447. The first kappa shape index (κ1) is 14.2. The molecule has 0 amide bonds. The van der Waals surface area contributed by atoms with E-state index in [9.17, 15) is 9.90 Å². The quantitative estimate of drug-likeness (QED) is 0.871. The second kappa shape index (κ2) is 5.58. The van der Waals surface area contributed by atoms with E-state index in [-0.39, 0.29) is 5.78 Å². The van der Waals surface area contributed by atoms with Gasteiger partial charge in [0.1, 0.15) is 0 Å². The lowest BCUT2D eigenvalue weighted by atomic mass is 9.71. The zero-order chi connectivity index (χ0) is 14.2. The van der Waals surface area contributed by atoms with Crippen LogP contribution in [0.2, 0.25) is 0 Å². The minimum Gasteiger partial charge on any atom is -0.390 e. The van der Waals surface area contributed by atoms with Gasteiger partial charge in [-0.2, -0.15) is 0 Å². The Morgan fingerprint density at radius 3 is 3.05 bits per heavy atom. The summed E-state index contributed by atoms with van der Waals surface area (Å²) in [5, 5.41) is 10.7. The van der Waals surface area contributed by atoms with Gasteiger partial charge < -0.3 is 5.11 Å². The van der Waals surface area contributed by atoms with Crippen molar-refractivity contribution in [1.29, 1.82) is 0 Å². The van der Waals surface area contributed by atoms with Gasteiger partial charge in [0.25, 0.3) is 0 Å². The summed E-state index contributed by atoms with van der Waals surface area (Å²) >= 11 is 1.58. The number of nitrogens with zero attached hydrogens (tertiary/aromatic N) is 1. The van der Waals surface area contributed by atoms with Crippen molar-refractivity contribution in [3.05, 3.63) is 21.9 Å². The van der Waals surface area contributed by atoms with Gasteiger partial charge in [0.15, 0.2) is 5.78 Å². The first-order valence-electron chi connectivity index (χ1n) is 7.61. The molecule has 2 fully saturated rings. The molecular weight excluding hydrogens is 270 g/mol. The summed E-state index contributed by atoms with van der Waals surface area (Å²) in [6.45, 7) is 4.27. The lowest BCUT2D eigenvalue weighted by Crippen LogP contribution is -2.54. The van der Waals surface area contributed by atoms with Gasteiger partial charge in [-0.3, -0.25) is 9.69 Å². The number of thiophene rings is 1. The van der Waals surface area contributed by atoms with Crippen molar-refractivity contribution in [2.75, 3.05) is 19.6 Å². The smallest absolute Gasteiger partial charge is 0.186 e. The van der Waals surface area contributed by atoms with Crippen molar-refractivity contribution >= 4 is 17.1 Å². The van der Waals surface area contributed by atoms with Gasteiger partial charge in [-0.15, -0.1) is 11.3 Å². The van der Waals surface area contributed by atoms with E-state index >= 15 is 0 Å². The summed E-state index contributed by atoms with van der Waals surface area (Å²) in [7, 11) is 0. The third kappa shape index (κ3) is 2.83. The number of carbonyl (C=O) groups is 1. The molecule has 1 saturated heterocycles. The van der Waals surface area contributed by atoms with Crippen LogP contribution in [0.3, 0.4) is 0 Å². The fraction of sp³-hybridized carbons (Fsp3) is 0.688. The van der Waals surface area contributed by atoms with E-state index in [1.54, 1.807) is 11.3 Å². The zero-order valence-corrected chi connectivity index (χ0v) is 12.9. The monoisotopic (exact) mass is 293 g/mol. The second-order valence-electron chi connectivity index (χ2n) is 6.36. The Bertz CT molecular complexity index is 498. The maximum atomic E-state index is 12.3. The normalized spacial score (nSPS) is 31.0. The number of fused-ring (bicyclic) bond motifs is 1. The lowest BCUT2D eigenvalue weighted by molar-refractivity contribution is -0.0936. The molecule has 0 aromatic carbocycles. The molecule has 2 heterocycles. The van der Waals surface area contributed by atoms with Gasteiger partial charge >= 0.3 is 0 Å². The predicted molar refractivity (Wildman–Crippen MR) is 81.4 cm³/mol. The minimum atomic E-state index is -0.447. The van der Waals surface area contributed by atoms with Crippen molar-refractivity contribution in [2.24, 2.45) is 5.92 Å². The van der Waals surface area contributed by atoms with Crippen molar-refractivity contribution in [1.82, 2.24) is 4.90 Å². The fourth-order valence-electron chi connectivity index (χ4n) is 3.65. The number of aliphatic hydroxyl groups is 1. The van der Waals surface area contributed by atoms with Crippen LogP contribution in [0, 0.1) is 12.8 Å². The summed E-state index contributed by atoms with van der Waals surface area (Å²) < 4.78 is 0. The van der Waals surface area contributed by atoms with E-state index in [1.807, 2.05) is 19.1 Å². The predicted octanol–water partition coefficient (Wildman–Crippen LogP) is 2.87. The van der Waals surface area contributed by atoms with Crippen LogP contribution in [0.15, 0.2) is 12.1 Å². The number of carbonyl (C=O) groups excluding carboxylic acids is 1. The summed E-state index contributed by atoms with van der Waals surface area (Å²) in [6, 6.07) is 3.94. The molecule has 1 aliphatic heterocycles. The number of ketones is 1. The molecule has 2 aliphatic rings. The molecule has 2 unspecified atom stereocenters. The molecule has 0 bridgehead atoms. The highest BCUT2D eigenvalue weighted by Gasteiger charge is 2.42. The first-order valence-corrected chi connectivity index (χ1v) is 8.43. The van der Waals surface area contributed by atoms with Crippen LogP contribution in [0.1, 0.15) is 46.7 Å². The van der Waals surface area contributed by atoms with Gasteiger partial charge in [0.05, 0.1) is 17.0 Å². The molecular formula is C16H23NO2S. The average Bonchev–Trinajstić information content (AvgIpc) is 2.86. The van der Waals surface area contributed by atoms with E-state index in [4.69, 9.17) is 0 Å². The number of rotatable bonds is 3. The molecule has 4 heteroatoms. The van der Waals surface area contributed by atoms with Gasteiger partial charge in [0, 0.05) is 23.9 Å². The SMILES string of the molecule is Cc1ccc(C(=O)CN2CCC3(O)CCCCC3C2)s1. The van der Waals surface area contributed by atoms with Crippen LogP contribution in [-0.2, 0) is 0 Å². The summed E-state index contributed by atoms with van der Waals surface area (Å²) in [4.78, 5) is 16.6. The van der Waals surface area contributed by atoms with Crippen LogP contribution >= 0.6 is 11.3 Å². The topological polar surface area (TPSA) is 40.5 Å². The largest absolute Gasteiger partial charge is 0.390 e. The highest BCUT2D eigenvalue weighted by atomic mass is 32.1. The van der Waals surface area contributed by atoms with Crippen LogP contribution in [0.5, 0.6) is 0 Å². The Balaban J connectivity index is 1.61. The molecule has 1 aromatic heterocycles. The van der Waals surface area contributed by atoms with Crippen molar-refractivity contribution in [2.45, 2.75) is 44.6 Å². The Hall–Kier alpha value is -0.710. The second-order valence-corrected chi connectivity index (χ2v) is 7.65.